The summed E-state index contributed by atoms with van der Waals surface area (Å²) in [5.74, 6) is -0.154. The number of esters is 1. The van der Waals surface area contributed by atoms with Crippen LogP contribution in [0.1, 0.15) is 30.9 Å². The van der Waals surface area contributed by atoms with Gasteiger partial charge in [0.25, 0.3) is 0 Å². The van der Waals surface area contributed by atoms with Gasteiger partial charge in [-0.25, -0.2) is 0 Å². The average Bonchev–Trinajstić information content (AvgIpc) is 2.57. The highest BCUT2D eigenvalue weighted by Crippen LogP contribution is 2.11. The molecular weight excluding hydrogens is 274 g/mol. The van der Waals surface area contributed by atoms with Crippen LogP contribution in [0.3, 0.4) is 0 Å². The Bertz CT molecular complexity index is 564. The molecule has 0 N–H and O–H groups in total. The van der Waals surface area contributed by atoms with Gasteiger partial charge in [-0.2, -0.15) is 0 Å². The predicted molar refractivity (Wildman–Crippen MR) is 89.3 cm³/mol. The Morgan fingerprint density at radius 2 is 1.50 bits per heavy atom. The van der Waals surface area contributed by atoms with E-state index < -0.39 is 0 Å². The molecule has 0 amide bonds. The Hall–Kier alpha value is -2.42. The number of hydrogen-bond acceptors (Lipinski definition) is 3. The van der Waals surface area contributed by atoms with Crippen LogP contribution in [0.25, 0.3) is 0 Å². The number of ether oxygens (including phenoxy) is 1. The van der Waals surface area contributed by atoms with E-state index in [0.717, 1.165) is 16.8 Å². The summed E-state index contributed by atoms with van der Waals surface area (Å²) >= 11 is 0. The Balaban J connectivity index is 2.09. The summed E-state index contributed by atoms with van der Waals surface area (Å²) in [6.07, 6.45) is 1.11. The molecule has 0 spiro atoms. The molecule has 0 aliphatic carbocycles. The molecule has 2 aromatic carbocycles. The zero-order chi connectivity index (χ0) is 15.6. The lowest BCUT2D eigenvalue weighted by Crippen LogP contribution is -2.07. The van der Waals surface area contributed by atoms with Crippen molar-refractivity contribution in [3.63, 3.8) is 0 Å². The summed E-state index contributed by atoms with van der Waals surface area (Å²) < 4.78 is 4.93. The fourth-order valence-electron chi connectivity index (χ4n) is 2.19. The van der Waals surface area contributed by atoms with Crippen molar-refractivity contribution in [2.45, 2.75) is 19.8 Å². The van der Waals surface area contributed by atoms with Crippen LogP contribution < -0.4 is 0 Å². The van der Waals surface area contributed by atoms with Crippen molar-refractivity contribution in [3.05, 3.63) is 71.8 Å². The third-order valence-corrected chi connectivity index (χ3v) is 3.21. The summed E-state index contributed by atoms with van der Waals surface area (Å²) in [6.45, 7) is 2.86. The zero-order valence-electron chi connectivity index (χ0n) is 12.9. The molecule has 0 unspecified atom stereocenters. The summed E-state index contributed by atoms with van der Waals surface area (Å²) in [5.41, 5.74) is 3.14. The summed E-state index contributed by atoms with van der Waals surface area (Å²) in [5, 5.41) is 0. The third kappa shape index (κ3) is 4.85. The molecule has 0 atom stereocenters. The smallest absolute Gasteiger partial charge is 0.305 e. The molecule has 0 aromatic heterocycles. The maximum absolute atomic E-state index is 11.4. The van der Waals surface area contributed by atoms with E-state index in [0.29, 0.717) is 26.0 Å². The number of carbonyl (C=O) groups is 1. The molecule has 0 bridgehead atoms. The van der Waals surface area contributed by atoms with Crippen molar-refractivity contribution < 1.29 is 9.53 Å². The van der Waals surface area contributed by atoms with Crippen molar-refractivity contribution in [1.29, 1.82) is 0 Å². The van der Waals surface area contributed by atoms with E-state index in [1.54, 1.807) is 0 Å². The number of hydrogen-bond donors (Lipinski definition) is 0. The van der Waals surface area contributed by atoms with Gasteiger partial charge < -0.3 is 4.74 Å². The molecule has 0 aliphatic heterocycles. The van der Waals surface area contributed by atoms with Gasteiger partial charge in [-0.3, -0.25) is 9.79 Å². The molecule has 2 aromatic rings. The average molecular weight is 295 g/mol. The van der Waals surface area contributed by atoms with Crippen molar-refractivity contribution in [2.24, 2.45) is 4.99 Å². The molecular formula is C19H21NO2. The molecule has 0 radical (unpaired) electrons. The van der Waals surface area contributed by atoms with Crippen LogP contribution in [0.15, 0.2) is 65.7 Å². The minimum absolute atomic E-state index is 0.154. The normalized spacial score (nSPS) is 10.0. The Kier molecular flexibility index (Phi) is 6.37. The quantitative estimate of drug-likeness (QED) is 0.442. The van der Waals surface area contributed by atoms with E-state index >= 15 is 0 Å². The molecule has 3 heteroatoms. The number of rotatable bonds is 7. The van der Waals surface area contributed by atoms with Crippen molar-refractivity contribution in [2.75, 3.05) is 13.2 Å². The maximum Gasteiger partial charge on any atom is 0.305 e. The fraction of sp³-hybridized carbons (Fsp3) is 0.263. The minimum Gasteiger partial charge on any atom is -0.466 e. The lowest BCUT2D eigenvalue weighted by atomic mass is 10.0. The molecule has 3 nitrogen and oxygen atoms in total. The maximum atomic E-state index is 11.4. The fourth-order valence-corrected chi connectivity index (χ4v) is 2.19. The van der Waals surface area contributed by atoms with Gasteiger partial charge in [-0.05, 0) is 13.3 Å². The van der Waals surface area contributed by atoms with Crippen molar-refractivity contribution in [3.8, 4) is 0 Å². The van der Waals surface area contributed by atoms with E-state index in [-0.39, 0.29) is 5.97 Å². The molecule has 0 saturated heterocycles. The second-order valence-corrected chi connectivity index (χ2v) is 4.87. The molecule has 22 heavy (non-hydrogen) atoms. The summed E-state index contributed by atoms with van der Waals surface area (Å²) in [6, 6.07) is 20.2. The Morgan fingerprint density at radius 1 is 0.955 bits per heavy atom. The van der Waals surface area contributed by atoms with Gasteiger partial charge in [0.05, 0.1) is 12.3 Å². The monoisotopic (exact) mass is 295 g/mol. The van der Waals surface area contributed by atoms with Gasteiger partial charge in [0.2, 0.25) is 0 Å². The first-order valence-corrected chi connectivity index (χ1v) is 7.62. The summed E-state index contributed by atoms with van der Waals surface area (Å²) in [4.78, 5) is 16.1. The Morgan fingerprint density at radius 3 is 2.00 bits per heavy atom. The first-order chi connectivity index (χ1) is 10.8. The summed E-state index contributed by atoms with van der Waals surface area (Å²) in [7, 11) is 0. The SMILES string of the molecule is CCOC(=O)CCCN=C(c1ccccc1)c1ccccc1. The van der Waals surface area contributed by atoms with E-state index in [4.69, 9.17) is 9.73 Å². The number of benzene rings is 2. The molecule has 0 heterocycles. The highest BCUT2D eigenvalue weighted by molar-refractivity contribution is 6.12. The van der Waals surface area contributed by atoms with Gasteiger partial charge in [0, 0.05) is 24.1 Å². The van der Waals surface area contributed by atoms with Gasteiger partial charge in [0.1, 0.15) is 0 Å². The number of nitrogens with zero attached hydrogens (tertiary/aromatic N) is 1. The van der Waals surface area contributed by atoms with E-state index in [2.05, 4.69) is 24.3 Å². The number of carbonyl (C=O) groups excluding carboxylic acids is 1. The van der Waals surface area contributed by atoms with Crippen LogP contribution >= 0.6 is 0 Å². The van der Waals surface area contributed by atoms with Gasteiger partial charge in [0.15, 0.2) is 0 Å². The lowest BCUT2D eigenvalue weighted by Gasteiger charge is -2.07. The zero-order valence-corrected chi connectivity index (χ0v) is 12.9. The molecule has 0 saturated carbocycles. The predicted octanol–water partition coefficient (Wildman–Crippen LogP) is 3.87. The topological polar surface area (TPSA) is 38.7 Å². The highest BCUT2D eigenvalue weighted by atomic mass is 16.5. The lowest BCUT2D eigenvalue weighted by molar-refractivity contribution is -0.143. The second kappa shape index (κ2) is 8.78. The molecule has 0 aliphatic rings. The number of aliphatic imine (C=N–C) groups is 1. The standard InChI is InChI=1S/C19H21NO2/c1-2-22-18(21)14-9-15-20-19(16-10-5-3-6-11-16)17-12-7-4-8-13-17/h3-8,10-13H,2,9,14-15H2,1H3. The van der Waals surface area contributed by atoms with Crippen molar-refractivity contribution >= 4 is 11.7 Å². The van der Waals surface area contributed by atoms with Crippen molar-refractivity contribution in [1.82, 2.24) is 0 Å². The largest absolute Gasteiger partial charge is 0.466 e. The van der Waals surface area contributed by atoms with E-state index in [9.17, 15) is 4.79 Å². The Labute approximate surface area is 131 Å². The first-order valence-electron chi connectivity index (χ1n) is 7.62. The van der Waals surface area contributed by atoms with Gasteiger partial charge >= 0.3 is 5.97 Å². The molecule has 0 fully saturated rings. The van der Waals surface area contributed by atoms with Crippen LogP contribution in [-0.4, -0.2) is 24.8 Å². The van der Waals surface area contributed by atoms with Crippen LogP contribution in [0.5, 0.6) is 0 Å². The van der Waals surface area contributed by atoms with Gasteiger partial charge in [-0.1, -0.05) is 60.7 Å². The highest BCUT2D eigenvalue weighted by Gasteiger charge is 2.06. The first kappa shape index (κ1) is 16.0. The van der Waals surface area contributed by atoms with Crippen LogP contribution in [0.2, 0.25) is 0 Å². The molecule has 114 valence electrons. The second-order valence-electron chi connectivity index (χ2n) is 4.87. The molecule has 2 rings (SSSR count). The van der Waals surface area contributed by atoms with Crippen LogP contribution in [0, 0.1) is 0 Å². The van der Waals surface area contributed by atoms with E-state index in [1.807, 2.05) is 43.3 Å². The van der Waals surface area contributed by atoms with E-state index in [1.165, 1.54) is 0 Å². The van der Waals surface area contributed by atoms with Crippen LogP contribution in [-0.2, 0) is 9.53 Å². The van der Waals surface area contributed by atoms with Gasteiger partial charge in [-0.15, -0.1) is 0 Å². The van der Waals surface area contributed by atoms with Crippen LogP contribution in [0.4, 0.5) is 0 Å². The minimum atomic E-state index is -0.154. The third-order valence-electron chi connectivity index (χ3n) is 3.21.